The minimum Gasteiger partial charge on any atom is -0.486 e. The Labute approximate surface area is 142 Å². The Kier molecular flexibility index (Phi) is 4.99. The van der Waals surface area contributed by atoms with Gasteiger partial charge in [0.1, 0.15) is 17.7 Å². The minimum atomic E-state index is -0.0873. The first kappa shape index (κ1) is 16.3. The summed E-state index contributed by atoms with van der Waals surface area (Å²) in [4.78, 5) is 15.8. The SMILES string of the molecule is CC(C)C(=O)NNc1cc(OC2CCCc3ccccc32)ccn1. The number of rotatable bonds is 5. The van der Waals surface area contributed by atoms with Gasteiger partial charge in [-0.15, -0.1) is 0 Å². The van der Waals surface area contributed by atoms with Crippen LogP contribution in [0.2, 0.25) is 0 Å². The maximum atomic E-state index is 11.6. The average Bonchev–Trinajstić information content (AvgIpc) is 2.60. The fourth-order valence-electron chi connectivity index (χ4n) is 2.82. The first-order chi connectivity index (χ1) is 11.6. The van der Waals surface area contributed by atoms with E-state index in [0.717, 1.165) is 25.0 Å². The fourth-order valence-corrected chi connectivity index (χ4v) is 2.82. The van der Waals surface area contributed by atoms with Gasteiger partial charge in [0, 0.05) is 18.2 Å². The van der Waals surface area contributed by atoms with Gasteiger partial charge in [-0.3, -0.25) is 15.6 Å². The van der Waals surface area contributed by atoms with Gasteiger partial charge in [0.2, 0.25) is 5.91 Å². The number of nitrogens with zero attached hydrogens (tertiary/aromatic N) is 1. The monoisotopic (exact) mass is 325 g/mol. The maximum absolute atomic E-state index is 11.6. The highest BCUT2D eigenvalue weighted by Crippen LogP contribution is 2.33. The van der Waals surface area contributed by atoms with E-state index in [1.807, 2.05) is 19.9 Å². The van der Waals surface area contributed by atoms with Crippen molar-refractivity contribution in [3.63, 3.8) is 0 Å². The number of amides is 1. The summed E-state index contributed by atoms with van der Waals surface area (Å²) in [7, 11) is 0. The molecule has 0 saturated carbocycles. The third kappa shape index (κ3) is 3.85. The van der Waals surface area contributed by atoms with E-state index in [1.165, 1.54) is 11.1 Å². The summed E-state index contributed by atoms with van der Waals surface area (Å²) in [6.45, 7) is 3.68. The summed E-state index contributed by atoms with van der Waals surface area (Å²) < 4.78 is 6.18. The Bertz CT molecular complexity index is 715. The van der Waals surface area contributed by atoms with Crippen LogP contribution in [0.3, 0.4) is 0 Å². The van der Waals surface area contributed by atoms with E-state index in [4.69, 9.17) is 4.74 Å². The Hall–Kier alpha value is -2.56. The van der Waals surface area contributed by atoms with Crippen LogP contribution in [0.15, 0.2) is 42.6 Å². The Morgan fingerprint density at radius 2 is 2.12 bits per heavy atom. The van der Waals surface area contributed by atoms with Crippen molar-refractivity contribution in [1.29, 1.82) is 0 Å². The van der Waals surface area contributed by atoms with Crippen LogP contribution in [-0.4, -0.2) is 10.9 Å². The largest absolute Gasteiger partial charge is 0.486 e. The molecule has 0 bridgehead atoms. The van der Waals surface area contributed by atoms with E-state index in [-0.39, 0.29) is 17.9 Å². The predicted molar refractivity (Wildman–Crippen MR) is 93.6 cm³/mol. The maximum Gasteiger partial charge on any atom is 0.240 e. The molecule has 1 amide bonds. The molecule has 0 radical (unpaired) electrons. The van der Waals surface area contributed by atoms with Crippen molar-refractivity contribution in [3.8, 4) is 5.75 Å². The van der Waals surface area contributed by atoms with Crippen LogP contribution in [0.5, 0.6) is 5.75 Å². The lowest BCUT2D eigenvalue weighted by Gasteiger charge is -2.26. The summed E-state index contributed by atoms with van der Waals surface area (Å²) >= 11 is 0. The molecule has 126 valence electrons. The van der Waals surface area contributed by atoms with Gasteiger partial charge in [0.25, 0.3) is 0 Å². The lowest BCUT2D eigenvalue weighted by molar-refractivity contribution is -0.123. The molecule has 1 aromatic heterocycles. The molecule has 1 unspecified atom stereocenters. The normalized spacial score (nSPS) is 16.4. The lowest BCUT2D eigenvalue weighted by Crippen LogP contribution is -2.33. The van der Waals surface area contributed by atoms with E-state index >= 15 is 0 Å². The standard InChI is InChI=1S/C19H23N3O2/c1-13(2)19(23)22-21-18-12-15(10-11-20-18)24-17-9-5-7-14-6-3-4-8-16(14)17/h3-4,6,8,10-13,17H,5,7,9H2,1-2H3,(H,20,21)(H,22,23). The number of hydrazine groups is 1. The molecule has 1 heterocycles. The average molecular weight is 325 g/mol. The summed E-state index contributed by atoms with van der Waals surface area (Å²) in [5, 5.41) is 0. The van der Waals surface area contributed by atoms with Crippen molar-refractivity contribution in [2.45, 2.75) is 39.2 Å². The summed E-state index contributed by atoms with van der Waals surface area (Å²) in [5.41, 5.74) is 8.10. The van der Waals surface area contributed by atoms with Crippen molar-refractivity contribution >= 4 is 11.7 Å². The zero-order valence-electron chi connectivity index (χ0n) is 14.1. The predicted octanol–water partition coefficient (Wildman–Crippen LogP) is 3.64. The zero-order chi connectivity index (χ0) is 16.9. The number of hydrogen-bond acceptors (Lipinski definition) is 4. The first-order valence-electron chi connectivity index (χ1n) is 8.40. The smallest absolute Gasteiger partial charge is 0.240 e. The van der Waals surface area contributed by atoms with E-state index in [0.29, 0.717) is 5.82 Å². The van der Waals surface area contributed by atoms with Crippen molar-refractivity contribution in [1.82, 2.24) is 10.4 Å². The molecule has 1 aromatic carbocycles. The van der Waals surface area contributed by atoms with Crippen molar-refractivity contribution in [3.05, 3.63) is 53.7 Å². The minimum absolute atomic E-state index is 0.0652. The number of nitrogens with one attached hydrogen (secondary N) is 2. The highest BCUT2D eigenvalue weighted by atomic mass is 16.5. The topological polar surface area (TPSA) is 63.2 Å². The first-order valence-corrected chi connectivity index (χ1v) is 8.40. The van der Waals surface area contributed by atoms with E-state index < -0.39 is 0 Å². The number of ether oxygens (including phenoxy) is 1. The summed E-state index contributed by atoms with van der Waals surface area (Å²) in [6, 6.07) is 12.1. The molecule has 5 nitrogen and oxygen atoms in total. The van der Waals surface area contributed by atoms with Gasteiger partial charge in [-0.05, 0) is 36.5 Å². The van der Waals surface area contributed by atoms with Crippen LogP contribution in [0.25, 0.3) is 0 Å². The third-order valence-electron chi connectivity index (χ3n) is 4.16. The summed E-state index contributed by atoms with van der Waals surface area (Å²) in [5.74, 6) is 1.14. The quantitative estimate of drug-likeness (QED) is 0.824. The lowest BCUT2D eigenvalue weighted by atomic mass is 9.89. The van der Waals surface area contributed by atoms with Gasteiger partial charge < -0.3 is 4.74 Å². The molecular weight excluding hydrogens is 302 g/mol. The number of benzene rings is 1. The number of hydrogen-bond donors (Lipinski definition) is 2. The van der Waals surface area contributed by atoms with E-state index in [1.54, 1.807) is 12.3 Å². The molecule has 1 aliphatic rings. The Morgan fingerprint density at radius 3 is 2.96 bits per heavy atom. The number of carbonyl (C=O) groups excluding carboxylic acids is 1. The molecule has 0 fully saturated rings. The molecule has 0 spiro atoms. The van der Waals surface area contributed by atoms with Crippen LogP contribution in [0.1, 0.15) is 43.9 Å². The second-order valence-electron chi connectivity index (χ2n) is 6.34. The van der Waals surface area contributed by atoms with Crippen LogP contribution >= 0.6 is 0 Å². The number of pyridine rings is 1. The Morgan fingerprint density at radius 1 is 1.29 bits per heavy atom. The number of aryl methyl sites for hydroxylation is 1. The highest BCUT2D eigenvalue weighted by Gasteiger charge is 2.21. The van der Waals surface area contributed by atoms with Crippen molar-refractivity contribution in [2.75, 3.05) is 5.43 Å². The van der Waals surface area contributed by atoms with Crippen LogP contribution in [-0.2, 0) is 11.2 Å². The van der Waals surface area contributed by atoms with Crippen LogP contribution in [0, 0.1) is 5.92 Å². The zero-order valence-corrected chi connectivity index (χ0v) is 14.1. The van der Waals surface area contributed by atoms with Gasteiger partial charge in [-0.1, -0.05) is 38.1 Å². The highest BCUT2D eigenvalue weighted by molar-refractivity contribution is 5.78. The van der Waals surface area contributed by atoms with E-state index in [2.05, 4.69) is 40.1 Å². The molecule has 5 heteroatoms. The van der Waals surface area contributed by atoms with Gasteiger partial charge >= 0.3 is 0 Å². The van der Waals surface area contributed by atoms with Gasteiger partial charge in [-0.25, -0.2) is 4.98 Å². The number of aromatic nitrogens is 1. The second kappa shape index (κ2) is 7.34. The molecule has 3 rings (SSSR count). The van der Waals surface area contributed by atoms with Gasteiger partial charge in [-0.2, -0.15) is 0 Å². The van der Waals surface area contributed by atoms with Gasteiger partial charge in [0.15, 0.2) is 0 Å². The molecule has 1 aliphatic carbocycles. The molecule has 2 aromatic rings. The number of anilines is 1. The van der Waals surface area contributed by atoms with Gasteiger partial charge in [0.05, 0.1) is 0 Å². The summed E-state index contributed by atoms with van der Waals surface area (Å²) in [6.07, 6.45) is 4.98. The molecule has 0 saturated heterocycles. The van der Waals surface area contributed by atoms with Crippen LogP contribution in [0.4, 0.5) is 5.82 Å². The number of fused-ring (bicyclic) bond motifs is 1. The molecule has 0 aliphatic heterocycles. The van der Waals surface area contributed by atoms with Crippen LogP contribution < -0.4 is 15.6 Å². The van der Waals surface area contributed by atoms with Crippen molar-refractivity contribution < 1.29 is 9.53 Å². The van der Waals surface area contributed by atoms with Crippen molar-refractivity contribution in [2.24, 2.45) is 5.92 Å². The molecule has 1 atom stereocenters. The molecule has 24 heavy (non-hydrogen) atoms. The Balaban J connectivity index is 1.68. The second-order valence-corrected chi connectivity index (χ2v) is 6.34. The van der Waals surface area contributed by atoms with E-state index in [9.17, 15) is 4.79 Å². The third-order valence-corrected chi connectivity index (χ3v) is 4.16. The molecule has 2 N–H and O–H groups in total. The molecular formula is C19H23N3O2. The number of carbonyl (C=O) groups is 1. The fraction of sp³-hybridized carbons (Fsp3) is 0.368.